The Morgan fingerprint density at radius 3 is 1.96 bits per heavy atom. The van der Waals surface area contributed by atoms with E-state index in [-0.39, 0.29) is 105 Å². The van der Waals surface area contributed by atoms with Crippen molar-refractivity contribution in [3.63, 3.8) is 0 Å². The minimum absolute atomic E-state index is 0.0173. The largest absolute Gasteiger partial charge is 0.455 e. The zero-order valence-corrected chi connectivity index (χ0v) is 64.0. The average Bonchev–Trinajstić information content (AvgIpc) is 0.668. The number of rotatable bonds is 31. The van der Waals surface area contributed by atoms with Gasteiger partial charge < -0.3 is 89.9 Å². The van der Waals surface area contributed by atoms with Gasteiger partial charge in [-0.15, -0.1) is 0 Å². The molecule has 0 radical (unpaired) electrons. The number of fused-ring (bicyclic) bond motifs is 5. The number of primary amides is 1. The fourth-order valence-electron chi connectivity index (χ4n) is 14.6. The molecular weight excluding hydrogens is 1390 g/mol. The van der Waals surface area contributed by atoms with Gasteiger partial charge in [-0.05, 0) is 106 Å². The number of amides is 8. The van der Waals surface area contributed by atoms with Crippen LogP contribution in [0.4, 0.5) is 24.9 Å². The van der Waals surface area contributed by atoms with Crippen LogP contribution in [0.25, 0.3) is 0 Å². The van der Waals surface area contributed by atoms with Crippen LogP contribution >= 0.6 is 0 Å². The van der Waals surface area contributed by atoms with Gasteiger partial charge in [0.05, 0.1) is 29.6 Å². The SMILES string of the molecule is CO[C@H]1C(=O)[C@]2(C)[C@@H](OC)C[C@H]3OC[C@@]3(OC(C)=O)[C@H]2[C@H](OC(=O)c2ccccc2)[C@]2(O)C[C@H](OC(=O)[C@H](OC(=O)N(C)CCN(C)C(=O)OCc3ccc(NC(=O)[C@H](CCCNC(N)=O)NC(=O)[C@@H](NC(=O)CCCC(=O)C(C)C)C(C)C)cc3)[C@@H](NC(=O)OC(C)(C)C)c3ccccc3)C(C)=C1C2(C)C. The number of Topliss-reactive ketones (excluding diaryl/α,β-unsaturated/α-hetero) is 2. The monoisotopic (exact) mass is 1490 g/mol. The Labute approximate surface area is 624 Å². The van der Waals surface area contributed by atoms with Crippen LogP contribution in [-0.2, 0) is 82.8 Å². The van der Waals surface area contributed by atoms with Gasteiger partial charge in [0, 0.05) is 97.6 Å². The predicted octanol–water partition coefficient (Wildman–Crippen LogP) is 7.32. The number of carbonyl (C=O) groups is 12. The first-order chi connectivity index (χ1) is 50.2. The molecule has 8 amide bonds. The normalized spacial score (nSPS) is 23.9. The van der Waals surface area contributed by atoms with E-state index in [0.717, 1.165) is 4.90 Å². The van der Waals surface area contributed by atoms with E-state index in [1.807, 2.05) is 0 Å². The van der Waals surface area contributed by atoms with Crippen LogP contribution in [0, 0.1) is 28.6 Å². The number of nitrogens with zero attached hydrogens (tertiary/aromatic N) is 2. The highest BCUT2D eigenvalue weighted by molar-refractivity contribution is 5.99. The van der Waals surface area contributed by atoms with Crippen molar-refractivity contribution in [2.75, 3.05) is 59.9 Å². The third kappa shape index (κ3) is 20.0. The van der Waals surface area contributed by atoms with Gasteiger partial charge in [-0.3, -0.25) is 28.8 Å². The molecule has 7 rings (SSSR count). The highest BCUT2D eigenvalue weighted by Crippen LogP contribution is 2.65. The van der Waals surface area contributed by atoms with Crippen molar-refractivity contribution in [2.24, 2.45) is 34.3 Å². The van der Waals surface area contributed by atoms with Crippen LogP contribution < -0.4 is 32.3 Å². The number of ether oxygens (including phenoxy) is 9. The molecule has 3 aromatic carbocycles. The summed E-state index contributed by atoms with van der Waals surface area (Å²) in [5, 5.41) is 27.6. The van der Waals surface area contributed by atoms with Crippen molar-refractivity contribution >= 4 is 77.2 Å². The Balaban J connectivity index is 1.11. The van der Waals surface area contributed by atoms with E-state index in [9.17, 15) is 53.1 Å². The number of likely N-dealkylation sites (N-methyl/N-ethyl adjacent to an activating group) is 2. The van der Waals surface area contributed by atoms with Crippen LogP contribution in [0.2, 0.25) is 0 Å². The second-order valence-corrected chi connectivity index (χ2v) is 30.2. The molecule has 1 heterocycles. The van der Waals surface area contributed by atoms with Gasteiger partial charge in [-0.25, -0.2) is 28.8 Å². The maximum atomic E-state index is 16.0. The van der Waals surface area contributed by atoms with E-state index in [1.54, 1.807) is 149 Å². The summed E-state index contributed by atoms with van der Waals surface area (Å²) < 4.78 is 55.3. The Morgan fingerprint density at radius 1 is 0.776 bits per heavy atom. The highest BCUT2D eigenvalue weighted by Gasteiger charge is 2.78. The first-order valence-electron chi connectivity index (χ1n) is 36.0. The van der Waals surface area contributed by atoms with E-state index in [4.69, 9.17) is 48.4 Å². The zero-order valence-electron chi connectivity index (χ0n) is 64.0. The van der Waals surface area contributed by atoms with E-state index in [0.29, 0.717) is 17.7 Å². The summed E-state index contributed by atoms with van der Waals surface area (Å²) in [4.78, 5) is 168. The number of methoxy groups -OCH3 is 2. The number of ketones is 2. The number of nitrogens with one attached hydrogen (secondary N) is 5. The minimum Gasteiger partial charge on any atom is -0.455 e. The lowest BCUT2D eigenvalue weighted by Gasteiger charge is -2.67. The third-order valence-corrected chi connectivity index (χ3v) is 20.6. The highest BCUT2D eigenvalue weighted by atomic mass is 16.6. The molecule has 8 N–H and O–H groups in total. The van der Waals surface area contributed by atoms with Crippen LogP contribution in [0.15, 0.2) is 96.1 Å². The number of carbonyl (C=O) groups excluding carboxylic acids is 12. The lowest BCUT2D eigenvalue weighted by molar-refractivity contribution is -0.347. The molecule has 1 aliphatic heterocycles. The molecule has 0 spiro atoms. The number of anilines is 1. The fourth-order valence-corrected chi connectivity index (χ4v) is 14.6. The van der Waals surface area contributed by atoms with E-state index >= 15 is 9.59 Å². The summed E-state index contributed by atoms with van der Waals surface area (Å²) in [5.74, 6) is -7.21. The maximum Gasteiger partial charge on any atom is 0.410 e. The Bertz CT molecular complexity index is 3750. The summed E-state index contributed by atoms with van der Waals surface area (Å²) in [6.07, 6.45) is -11.6. The Morgan fingerprint density at radius 2 is 1.40 bits per heavy atom. The molecule has 0 unspecified atom stereocenters. The molecule has 13 atom stereocenters. The lowest BCUT2D eigenvalue weighted by Crippen LogP contribution is -2.82. The van der Waals surface area contributed by atoms with Crippen molar-refractivity contribution in [1.29, 1.82) is 0 Å². The molecule has 0 aromatic heterocycles. The molecule has 1 saturated heterocycles. The fraction of sp³-hybridized carbons (Fsp3) is 0.584. The number of aliphatic hydroxyl groups is 1. The molecule has 30 nitrogen and oxygen atoms in total. The lowest BCUT2D eigenvalue weighted by atomic mass is 9.44. The van der Waals surface area contributed by atoms with E-state index in [1.165, 1.54) is 52.3 Å². The van der Waals surface area contributed by atoms with Crippen LogP contribution in [-0.4, -0.2) is 206 Å². The van der Waals surface area contributed by atoms with Crippen molar-refractivity contribution in [3.8, 4) is 0 Å². The van der Waals surface area contributed by atoms with E-state index < -0.39 is 160 Å². The minimum atomic E-state index is -2.40. The molecule has 2 bridgehead atoms. The second-order valence-electron chi connectivity index (χ2n) is 30.2. The number of nitrogens with two attached hydrogens (primary N) is 1. The van der Waals surface area contributed by atoms with Crippen molar-refractivity contribution in [2.45, 2.75) is 206 Å². The quantitative estimate of drug-likeness (QED) is 0.0143. The number of benzene rings is 3. The van der Waals surface area contributed by atoms with Gasteiger partial charge in [-0.2, -0.15) is 0 Å². The van der Waals surface area contributed by atoms with Crippen LogP contribution in [0.3, 0.4) is 0 Å². The summed E-state index contributed by atoms with van der Waals surface area (Å²) in [5.41, 5.74) is -1.88. The maximum absolute atomic E-state index is 16.0. The molecule has 107 heavy (non-hydrogen) atoms. The summed E-state index contributed by atoms with van der Waals surface area (Å²) in [6, 6.07) is 17.7. The van der Waals surface area contributed by atoms with E-state index in [2.05, 4.69) is 26.6 Å². The van der Waals surface area contributed by atoms with Gasteiger partial charge >= 0.3 is 42.2 Å². The molecular formula is C77H106N8O22. The smallest absolute Gasteiger partial charge is 0.410 e. The first-order valence-corrected chi connectivity index (χ1v) is 36.0. The van der Waals surface area contributed by atoms with Gasteiger partial charge in [0.1, 0.15) is 66.1 Å². The third-order valence-electron chi connectivity index (χ3n) is 20.6. The average molecular weight is 1500 g/mol. The standard InChI is InChI=1S/C77H106N8O22/c1-43(2)52(87)30-23-31-56(88)82-58(44(3)4)66(91)81-51(29-24-36-79-69(78)94)65(90)80-50-34-32-47(33-35-50)41-101-71(96)84(13)37-38-85(14)72(97)104-61(59(48-25-19-17-20-26-48)83-70(95)107-73(7,8)9)68(93)103-53-40-77(98)64(105-67(92)49-27-21-18-22-28-49)62-75(12,63(89)60(100-16)57(45(53)5)74(77,10)11)54(99-15)39-55-76(62,42-102-55)106-46(6)86/h17-22,25-28,32-35,43-44,51,53-55,58-62,64,98H,23-24,29-31,36-42H2,1-16H3,(H,80,90)(H,81,91)(H,82,88)(H,83,95)(H3,78,79,94)/t51-,53-,54-,55+,58-,59-,60+,61+,62-,64-,75+,76-,77+/m0/s1. The van der Waals surface area contributed by atoms with Crippen molar-refractivity contribution in [1.82, 2.24) is 31.1 Å². The molecule has 3 aromatic rings. The van der Waals surface area contributed by atoms with Crippen LogP contribution in [0.1, 0.15) is 156 Å². The molecule has 3 aliphatic carbocycles. The zero-order chi connectivity index (χ0) is 79.3. The van der Waals surface area contributed by atoms with Gasteiger partial charge in [0.2, 0.25) is 23.8 Å². The van der Waals surface area contributed by atoms with Crippen LogP contribution in [0.5, 0.6) is 0 Å². The second kappa shape index (κ2) is 35.9. The van der Waals surface area contributed by atoms with Gasteiger partial charge in [0.15, 0.2) is 11.4 Å². The number of hydrogen-bond donors (Lipinski definition) is 7. The van der Waals surface area contributed by atoms with Gasteiger partial charge in [-0.1, -0.05) is 102 Å². The predicted molar refractivity (Wildman–Crippen MR) is 387 cm³/mol. The number of hydrogen-bond acceptors (Lipinski definition) is 22. The first kappa shape index (κ1) is 84.7. The summed E-state index contributed by atoms with van der Waals surface area (Å²) in [7, 11) is 5.45. The van der Waals surface area contributed by atoms with Crippen molar-refractivity contribution in [3.05, 3.63) is 113 Å². The molecule has 30 heteroatoms. The number of urea groups is 1. The van der Waals surface area contributed by atoms with Gasteiger partial charge in [0.25, 0.3) is 0 Å². The molecule has 2 saturated carbocycles. The summed E-state index contributed by atoms with van der Waals surface area (Å²) >= 11 is 0. The molecule has 3 fully saturated rings. The Hall–Kier alpha value is -9.52. The van der Waals surface area contributed by atoms with Crippen molar-refractivity contribution < 1.29 is 105 Å². The summed E-state index contributed by atoms with van der Waals surface area (Å²) in [6.45, 7) is 18.7. The topological polar surface area (TPSA) is 401 Å². The Kier molecular flexibility index (Phi) is 28.4. The molecule has 4 aliphatic rings. The molecule has 586 valence electrons. The number of esters is 3. The number of alkyl carbamates (subject to hydrolysis) is 1.